The van der Waals surface area contributed by atoms with E-state index in [2.05, 4.69) is 45.9 Å². The maximum atomic E-state index is 4.54. The molecule has 1 N–H and O–H groups in total. The van der Waals surface area contributed by atoms with Crippen LogP contribution in [0.2, 0.25) is 0 Å². The number of nitrogens with one attached hydrogen (secondary N) is 1. The summed E-state index contributed by atoms with van der Waals surface area (Å²) in [6.07, 6.45) is 2.03. The van der Waals surface area contributed by atoms with Crippen LogP contribution in [0.15, 0.2) is 23.0 Å². The summed E-state index contributed by atoms with van der Waals surface area (Å²) >= 11 is 3.54. The van der Waals surface area contributed by atoms with Gasteiger partial charge in [0.15, 0.2) is 0 Å². The van der Waals surface area contributed by atoms with Crippen molar-refractivity contribution in [3.63, 3.8) is 0 Å². The molecule has 0 spiro atoms. The Morgan fingerprint density at radius 1 is 1.47 bits per heavy atom. The molecule has 0 aromatic carbocycles. The molecule has 0 amide bonds. The lowest BCUT2D eigenvalue weighted by atomic mass is 10.0. The van der Waals surface area contributed by atoms with Crippen molar-refractivity contribution in [1.29, 1.82) is 0 Å². The Labute approximate surface area is 122 Å². The molecule has 5 heteroatoms. The summed E-state index contributed by atoms with van der Waals surface area (Å²) in [4.78, 5) is 8.42. The number of thiophene rings is 1. The van der Waals surface area contributed by atoms with Gasteiger partial charge in [-0.3, -0.25) is 4.90 Å². The maximum Gasteiger partial charge on any atom is 0.124 e. The van der Waals surface area contributed by atoms with Gasteiger partial charge in [0.1, 0.15) is 5.01 Å². The van der Waals surface area contributed by atoms with Crippen LogP contribution in [0.25, 0.3) is 10.6 Å². The second kappa shape index (κ2) is 5.32. The van der Waals surface area contributed by atoms with Gasteiger partial charge in [-0.25, -0.2) is 4.98 Å². The highest BCUT2D eigenvalue weighted by atomic mass is 32.1. The van der Waals surface area contributed by atoms with E-state index >= 15 is 0 Å². The molecule has 0 atom stereocenters. The highest BCUT2D eigenvalue weighted by Gasteiger charge is 2.25. The average Bonchev–Trinajstić information content (AvgIpc) is 2.96. The zero-order valence-electron chi connectivity index (χ0n) is 11.3. The van der Waals surface area contributed by atoms with Crippen LogP contribution in [-0.2, 0) is 6.54 Å². The Morgan fingerprint density at radius 2 is 2.37 bits per heavy atom. The fourth-order valence-electron chi connectivity index (χ4n) is 2.50. The number of rotatable bonds is 3. The summed E-state index contributed by atoms with van der Waals surface area (Å²) in [5.41, 5.74) is 1.47. The zero-order valence-corrected chi connectivity index (χ0v) is 13.0. The standard InChI is InChI=1S/C14H19N3S2/c1-14(2)10-17(5-4-16-14)8-12-7-15-13(19-12)11-3-6-18-9-11/h3,6-7,9,16H,4-5,8,10H2,1-2H3. The van der Waals surface area contributed by atoms with Gasteiger partial charge in [0.25, 0.3) is 0 Å². The van der Waals surface area contributed by atoms with Crippen LogP contribution in [-0.4, -0.2) is 35.1 Å². The second-order valence-electron chi connectivity index (χ2n) is 5.67. The summed E-state index contributed by atoms with van der Waals surface area (Å²) in [5.74, 6) is 0. The molecule has 2 aromatic heterocycles. The molecule has 19 heavy (non-hydrogen) atoms. The van der Waals surface area contributed by atoms with Gasteiger partial charge < -0.3 is 5.32 Å². The van der Waals surface area contributed by atoms with Crippen molar-refractivity contribution in [3.05, 3.63) is 27.9 Å². The molecule has 0 aliphatic carbocycles. The number of nitrogens with zero attached hydrogens (tertiary/aromatic N) is 2. The number of thiazole rings is 1. The molecule has 1 aliphatic heterocycles. The monoisotopic (exact) mass is 293 g/mol. The lowest BCUT2D eigenvalue weighted by Gasteiger charge is -2.38. The minimum atomic E-state index is 0.221. The van der Waals surface area contributed by atoms with Gasteiger partial charge in [-0.05, 0) is 25.3 Å². The molecular weight excluding hydrogens is 274 g/mol. The summed E-state index contributed by atoms with van der Waals surface area (Å²) in [6.45, 7) is 8.84. The SMILES string of the molecule is CC1(C)CN(Cc2cnc(-c3ccsc3)s2)CCN1. The first kappa shape index (κ1) is 13.2. The van der Waals surface area contributed by atoms with Crippen LogP contribution in [0, 0.1) is 0 Å². The smallest absolute Gasteiger partial charge is 0.124 e. The minimum absolute atomic E-state index is 0.221. The Hall–Kier alpha value is -0.750. The summed E-state index contributed by atoms with van der Waals surface area (Å²) in [6, 6.07) is 2.14. The predicted molar refractivity (Wildman–Crippen MR) is 82.8 cm³/mol. The van der Waals surface area contributed by atoms with Crippen LogP contribution in [0.3, 0.4) is 0 Å². The highest BCUT2D eigenvalue weighted by molar-refractivity contribution is 7.15. The zero-order chi connectivity index (χ0) is 13.3. The van der Waals surface area contributed by atoms with Crippen molar-refractivity contribution in [2.45, 2.75) is 25.9 Å². The lowest BCUT2D eigenvalue weighted by Crippen LogP contribution is -2.56. The van der Waals surface area contributed by atoms with E-state index in [1.807, 2.05) is 17.5 Å². The van der Waals surface area contributed by atoms with E-state index in [1.54, 1.807) is 11.3 Å². The molecular formula is C14H19N3S2. The van der Waals surface area contributed by atoms with Gasteiger partial charge in [0, 0.05) is 53.7 Å². The van der Waals surface area contributed by atoms with E-state index in [4.69, 9.17) is 0 Å². The third kappa shape index (κ3) is 3.23. The molecule has 3 heterocycles. The van der Waals surface area contributed by atoms with Crippen LogP contribution in [0.5, 0.6) is 0 Å². The normalized spacial score (nSPS) is 19.7. The van der Waals surface area contributed by atoms with E-state index in [-0.39, 0.29) is 5.54 Å². The van der Waals surface area contributed by atoms with Gasteiger partial charge >= 0.3 is 0 Å². The van der Waals surface area contributed by atoms with Crippen LogP contribution < -0.4 is 5.32 Å². The van der Waals surface area contributed by atoms with E-state index in [1.165, 1.54) is 10.4 Å². The Morgan fingerprint density at radius 3 is 3.11 bits per heavy atom. The molecule has 3 rings (SSSR count). The fraction of sp³-hybridized carbons (Fsp3) is 0.500. The molecule has 2 aromatic rings. The van der Waals surface area contributed by atoms with Gasteiger partial charge in [-0.15, -0.1) is 11.3 Å². The first-order valence-corrected chi connectivity index (χ1v) is 8.33. The Bertz CT molecular complexity index is 531. The number of piperazine rings is 1. The first-order chi connectivity index (χ1) is 9.12. The second-order valence-corrected chi connectivity index (χ2v) is 7.56. The number of aromatic nitrogens is 1. The highest BCUT2D eigenvalue weighted by Crippen LogP contribution is 2.28. The van der Waals surface area contributed by atoms with Crippen LogP contribution >= 0.6 is 22.7 Å². The van der Waals surface area contributed by atoms with Crippen LogP contribution in [0.4, 0.5) is 0 Å². The largest absolute Gasteiger partial charge is 0.309 e. The van der Waals surface area contributed by atoms with Gasteiger partial charge in [-0.1, -0.05) is 0 Å². The third-order valence-corrected chi connectivity index (χ3v) is 5.07. The Kier molecular flexibility index (Phi) is 3.71. The summed E-state index contributed by atoms with van der Waals surface area (Å²) in [7, 11) is 0. The maximum absolute atomic E-state index is 4.54. The average molecular weight is 293 g/mol. The molecule has 1 fully saturated rings. The van der Waals surface area contributed by atoms with E-state index in [9.17, 15) is 0 Å². The van der Waals surface area contributed by atoms with Crippen molar-refractivity contribution in [1.82, 2.24) is 15.2 Å². The quantitative estimate of drug-likeness (QED) is 0.943. The summed E-state index contributed by atoms with van der Waals surface area (Å²) in [5, 5.41) is 8.96. The topological polar surface area (TPSA) is 28.2 Å². The fourth-order valence-corrected chi connectivity index (χ4v) is 4.17. The number of hydrogen-bond acceptors (Lipinski definition) is 5. The van der Waals surface area contributed by atoms with Gasteiger partial charge in [-0.2, -0.15) is 11.3 Å². The molecule has 0 saturated carbocycles. The predicted octanol–water partition coefficient (Wildman–Crippen LogP) is 3.06. The molecule has 1 aliphatic rings. The van der Waals surface area contributed by atoms with Crippen molar-refractivity contribution >= 4 is 22.7 Å². The third-order valence-electron chi connectivity index (χ3n) is 3.35. The van der Waals surface area contributed by atoms with E-state index < -0.39 is 0 Å². The summed E-state index contributed by atoms with van der Waals surface area (Å²) < 4.78 is 0. The van der Waals surface area contributed by atoms with Crippen molar-refractivity contribution in [3.8, 4) is 10.6 Å². The van der Waals surface area contributed by atoms with E-state index in [0.717, 1.165) is 31.2 Å². The first-order valence-electron chi connectivity index (χ1n) is 6.57. The van der Waals surface area contributed by atoms with E-state index in [0.29, 0.717) is 0 Å². The van der Waals surface area contributed by atoms with Gasteiger partial charge in [0.2, 0.25) is 0 Å². The van der Waals surface area contributed by atoms with Crippen LogP contribution in [0.1, 0.15) is 18.7 Å². The minimum Gasteiger partial charge on any atom is -0.309 e. The molecule has 1 saturated heterocycles. The Balaban J connectivity index is 1.67. The molecule has 102 valence electrons. The van der Waals surface area contributed by atoms with Crippen molar-refractivity contribution in [2.24, 2.45) is 0 Å². The molecule has 3 nitrogen and oxygen atoms in total. The molecule has 0 unspecified atom stereocenters. The van der Waals surface area contributed by atoms with Crippen molar-refractivity contribution in [2.75, 3.05) is 19.6 Å². The molecule has 0 bridgehead atoms. The molecule has 0 radical (unpaired) electrons. The van der Waals surface area contributed by atoms with Crippen molar-refractivity contribution < 1.29 is 0 Å². The number of hydrogen-bond donors (Lipinski definition) is 1. The lowest BCUT2D eigenvalue weighted by molar-refractivity contribution is 0.149. The van der Waals surface area contributed by atoms with Gasteiger partial charge in [0.05, 0.1) is 0 Å².